The highest BCUT2D eigenvalue weighted by molar-refractivity contribution is 9.09. The van der Waals surface area contributed by atoms with E-state index in [2.05, 4.69) is 21.2 Å². The van der Waals surface area contributed by atoms with Gasteiger partial charge in [0.15, 0.2) is 0 Å². The molecule has 19 heavy (non-hydrogen) atoms. The van der Waals surface area contributed by atoms with Crippen LogP contribution in [0, 0.1) is 5.92 Å². The van der Waals surface area contributed by atoms with Crippen molar-refractivity contribution in [1.29, 1.82) is 0 Å². The number of benzene rings is 1. The zero-order valence-corrected chi connectivity index (χ0v) is 12.6. The number of halogens is 1. The molecule has 104 valence electrons. The number of hydrogen-bond donors (Lipinski definition) is 1. The van der Waals surface area contributed by atoms with Crippen LogP contribution in [0.2, 0.25) is 0 Å². The first kappa shape index (κ1) is 14.4. The number of rotatable bonds is 6. The summed E-state index contributed by atoms with van der Waals surface area (Å²) in [6, 6.07) is 7.33. The SMILES string of the molecule is O=C(NCCC1CCCC1)c1ccccc1OCBr. The second-order valence-corrected chi connectivity index (χ2v) is 5.40. The molecule has 0 aromatic heterocycles. The van der Waals surface area contributed by atoms with Gasteiger partial charge in [0.05, 0.1) is 5.56 Å². The molecule has 0 radical (unpaired) electrons. The Morgan fingerprint density at radius 2 is 2.05 bits per heavy atom. The molecule has 1 amide bonds. The van der Waals surface area contributed by atoms with E-state index in [-0.39, 0.29) is 5.91 Å². The molecule has 3 nitrogen and oxygen atoms in total. The lowest BCUT2D eigenvalue weighted by Crippen LogP contribution is -2.26. The van der Waals surface area contributed by atoms with E-state index in [1.54, 1.807) is 6.07 Å². The van der Waals surface area contributed by atoms with Crippen LogP contribution >= 0.6 is 15.9 Å². The fourth-order valence-electron chi connectivity index (χ4n) is 2.62. The Kier molecular flexibility index (Phi) is 5.70. The fourth-order valence-corrected chi connectivity index (χ4v) is 2.87. The largest absolute Gasteiger partial charge is 0.482 e. The van der Waals surface area contributed by atoms with Crippen LogP contribution in [0.1, 0.15) is 42.5 Å². The van der Waals surface area contributed by atoms with E-state index in [1.807, 2.05) is 18.2 Å². The zero-order valence-electron chi connectivity index (χ0n) is 11.0. The van der Waals surface area contributed by atoms with Gasteiger partial charge in [-0.25, -0.2) is 0 Å². The molecule has 0 aliphatic heterocycles. The van der Waals surface area contributed by atoms with Crippen LogP contribution in [0.25, 0.3) is 0 Å². The third kappa shape index (κ3) is 4.23. The van der Waals surface area contributed by atoms with E-state index >= 15 is 0 Å². The zero-order chi connectivity index (χ0) is 13.5. The van der Waals surface area contributed by atoms with Crippen molar-refractivity contribution in [3.8, 4) is 5.75 Å². The first-order valence-electron chi connectivity index (χ1n) is 6.87. The molecule has 1 aromatic rings. The molecule has 0 unspecified atom stereocenters. The van der Waals surface area contributed by atoms with Crippen LogP contribution in [-0.2, 0) is 0 Å². The number of nitrogens with one attached hydrogen (secondary N) is 1. The third-order valence-corrected chi connectivity index (χ3v) is 3.88. The van der Waals surface area contributed by atoms with Crippen LogP contribution in [0.5, 0.6) is 5.75 Å². The molecule has 0 atom stereocenters. The molecule has 2 rings (SSSR count). The number of para-hydroxylation sites is 1. The van der Waals surface area contributed by atoms with Gasteiger partial charge in [-0.2, -0.15) is 0 Å². The van der Waals surface area contributed by atoms with Crippen molar-refractivity contribution in [2.75, 3.05) is 12.1 Å². The van der Waals surface area contributed by atoms with Crippen molar-refractivity contribution in [2.24, 2.45) is 5.92 Å². The van der Waals surface area contributed by atoms with Gasteiger partial charge in [-0.3, -0.25) is 4.79 Å². The number of hydrogen-bond acceptors (Lipinski definition) is 2. The predicted molar refractivity (Wildman–Crippen MR) is 79.8 cm³/mol. The van der Waals surface area contributed by atoms with Crippen molar-refractivity contribution in [3.05, 3.63) is 29.8 Å². The molecule has 0 spiro atoms. The van der Waals surface area contributed by atoms with Gasteiger partial charge in [-0.05, 0) is 40.4 Å². The van der Waals surface area contributed by atoms with Gasteiger partial charge in [-0.1, -0.05) is 37.8 Å². The van der Waals surface area contributed by atoms with E-state index in [1.165, 1.54) is 25.7 Å². The Hall–Kier alpha value is -1.03. The van der Waals surface area contributed by atoms with Crippen LogP contribution in [0.3, 0.4) is 0 Å². The van der Waals surface area contributed by atoms with E-state index < -0.39 is 0 Å². The first-order valence-corrected chi connectivity index (χ1v) is 7.99. The Labute approximate surface area is 122 Å². The number of ether oxygens (including phenoxy) is 1. The van der Waals surface area contributed by atoms with Crippen LogP contribution < -0.4 is 10.1 Å². The topological polar surface area (TPSA) is 38.3 Å². The minimum Gasteiger partial charge on any atom is -0.482 e. The first-order chi connectivity index (χ1) is 9.31. The summed E-state index contributed by atoms with van der Waals surface area (Å²) in [6.07, 6.45) is 6.42. The highest BCUT2D eigenvalue weighted by Gasteiger charge is 2.16. The Morgan fingerprint density at radius 3 is 2.79 bits per heavy atom. The van der Waals surface area contributed by atoms with E-state index in [9.17, 15) is 4.79 Å². The average molecular weight is 326 g/mol. The van der Waals surface area contributed by atoms with Crippen molar-refractivity contribution in [2.45, 2.75) is 32.1 Å². The molecule has 1 aliphatic rings. The van der Waals surface area contributed by atoms with Gasteiger partial charge < -0.3 is 10.1 Å². The maximum atomic E-state index is 12.1. The molecule has 1 saturated carbocycles. The molecule has 1 N–H and O–H groups in total. The minimum absolute atomic E-state index is 0.0467. The molecule has 1 aromatic carbocycles. The standard InChI is InChI=1S/C15H20BrNO2/c16-11-19-14-8-4-3-7-13(14)15(18)17-10-9-12-5-1-2-6-12/h3-4,7-8,12H,1-2,5-6,9-11H2,(H,17,18). The maximum absolute atomic E-state index is 12.1. The summed E-state index contributed by atoms with van der Waals surface area (Å²) >= 11 is 3.21. The second kappa shape index (κ2) is 7.53. The lowest BCUT2D eigenvalue weighted by molar-refractivity contribution is 0.0948. The van der Waals surface area contributed by atoms with Gasteiger partial charge in [0.2, 0.25) is 0 Å². The van der Waals surface area contributed by atoms with Gasteiger partial charge in [0.1, 0.15) is 11.3 Å². The van der Waals surface area contributed by atoms with Gasteiger partial charge in [0.25, 0.3) is 5.91 Å². The highest BCUT2D eigenvalue weighted by atomic mass is 79.9. The molecule has 1 aliphatic carbocycles. The fraction of sp³-hybridized carbons (Fsp3) is 0.533. The van der Waals surface area contributed by atoms with Gasteiger partial charge in [-0.15, -0.1) is 0 Å². The van der Waals surface area contributed by atoms with Crippen molar-refractivity contribution in [1.82, 2.24) is 5.32 Å². The van der Waals surface area contributed by atoms with Crippen molar-refractivity contribution >= 4 is 21.8 Å². The van der Waals surface area contributed by atoms with E-state index in [4.69, 9.17) is 4.74 Å². The molecule has 0 bridgehead atoms. The van der Waals surface area contributed by atoms with Crippen LogP contribution in [0.4, 0.5) is 0 Å². The summed E-state index contributed by atoms with van der Waals surface area (Å²) in [5, 5.41) is 2.99. The van der Waals surface area contributed by atoms with Crippen molar-refractivity contribution in [3.63, 3.8) is 0 Å². The average Bonchev–Trinajstić information content (AvgIpc) is 2.93. The van der Waals surface area contributed by atoms with Crippen LogP contribution in [0.15, 0.2) is 24.3 Å². The van der Waals surface area contributed by atoms with Gasteiger partial charge >= 0.3 is 0 Å². The third-order valence-electron chi connectivity index (χ3n) is 3.65. The monoisotopic (exact) mass is 325 g/mol. The molecule has 0 saturated heterocycles. The summed E-state index contributed by atoms with van der Waals surface area (Å²) < 4.78 is 5.39. The summed E-state index contributed by atoms with van der Waals surface area (Å²) in [4.78, 5) is 12.1. The molecule has 0 heterocycles. The molecular formula is C15H20BrNO2. The lowest BCUT2D eigenvalue weighted by atomic mass is 10.0. The smallest absolute Gasteiger partial charge is 0.255 e. The number of carbonyl (C=O) groups excluding carboxylic acids is 1. The predicted octanol–water partition coefficient (Wildman–Crippen LogP) is 3.73. The molecule has 4 heteroatoms. The molecular weight excluding hydrogens is 306 g/mol. The summed E-state index contributed by atoms with van der Waals surface area (Å²) in [7, 11) is 0. The minimum atomic E-state index is -0.0467. The number of amides is 1. The van der Waals surface area contributed by atoms with Crippen LogP contribution in [-0.4, -0.2) is 18.0 Å². The Balaban J connectivity index is 1.84. The number of alkyl halides is 1. The second-order valence-electron chi connectivity index (χ2n) is 4.94. The summed E-state index contributed by atoms with van der Waals surface area (Å²) in [6.45, 7) is 0.756. The van der Waals surface area contributed by atoms with Crippen molar-refractivity contribution < 1.29 is 9.53 Å². The highest BCUT2D eigenvalue weighted by Crippen LogP contribution is 2.27. The maximum Gasteiger partial charge on any atom is 0.255 e. The Morgan fingerprint density at radius 1 is 1.32 bits per heavy atom. The Bertz CT molecular complexity index is 416. The summed E-state index contributed by atoms with van der Waals surface area (Å²) in [5.74, 6) is 1.38. The number of carbonyl (C=O) groups is 1. The van der Waals surface area contributed by atoms with E-state index in [0.29, 0.717) is 16.8 Å². The van der Waals surface area contributed by atoms with Gasteiger partial charge in [0, 0.05) is 6.54 Å². The lowest BCUT2D eigenvalue weighted by Gasteiger charge is -2.12. The normalized spacial score (nSPS) is 15.4. The quantitative estimate of drug-likeness (QED) is 0.809. The molecule has 1 fully saturated rings. The van der Waals surface area contributed by atoms with E-state index in [0.717, 1.165) is 18.9 Å². The summed E-state index contributed by atoms with van der Waals surface area (Å²) in [5.41, 5.74) is 0.993.